The molecule has 4 rings (SSSR count). The van der Waals surface area contributed by atoms with E-state index in [1.807, 2.05) is 0 Å². The normalized spacial score (nSPS) is 19.8. The summed E-state index contributed by atoms with van der Waals surface area (Å²) >= 11 is 2.88. The Labute approximate surface area is 153 Å². The number of nitrogens with one attached hydrogen (secondary N) is 1. The van der Waals surface area contributed by atoms with E-state index in [1.54, 1.807) is 11.3 Å². The van der Waals surface area contributed by atoms with Gasteiger partial charge in [0.25, 0.3) is 11.1 Å². The van der Waals surface area contributed by atoms with E-state index in [0.29, 0.717) is 24.2 Å². The van der Waals surface area contributed by atoms with Crippen LogP contribution in [0.4, 0.5) is 4.79 Å². The molecule has 25 heavy (non-hydrogen) atoms. The van der Waals surface area contributed by atoms with Gasteiger partial charge in [0.05, 0.1) is 10.6 Å². The molecule has 1 aliphatic heterocycles. The van der Waals surface area contributed by atoms with Crippen molar-refractivity contribution in [3.63, 3.8) is 0 Å². The first-order valence-corrected chi connectivity index (χ1v) is 10.1. The zero-order valence-corrected chi connectivity index (χ0v) is 15.4. The summed E-state index contributed by atoms with van der Waals surface area (Å²) in [5.41, 5.74) is 1.39. The van der Waals surface area contributed by atoms with Crippen LogP contribution in [0.1, 0.15) is 23.8 Å². The van der Waals surface area contributed by atoms with Crippen LogP contribution in [0.15, 0.2) is 15.7 Å². The summed E-state index contributed by atoms with van der Waals surface area (Å²) in [6, 6.07) is 1.81. The Balaban J connectivity index is 1.41. The van der Waals surface area contributed by atoms with Gasteiger partial charge >= 0.3 is 6.03 Å². The molecule has 1 atom stereocenters. The molecule has 1 aliphatic carbocycles. The van der Waals surface area contributed by atoms with E-state index < -0.39 is 0 Å². The van der Waals surface area contributed by atoms with Crippen LogP contribution in [0, 0.1) is 5.92 Å². The summed E-state index contributed by atoms with van der Waals surface area (Å²) in [5.74, 6) is 1.08. The van der Waals surface area contributed by atoms with Crippen LogP contribution in [0.5, 0.6) is 0 Å². The Bertz CT molecular complexity index is 816. The maximum absolute atomic E-state index is 12.0. The van der Waals surface area contributed by atoms with Crippen LogP contribution in [-0.2, 0) is 17.6 Å². The number of urea groups is 1. The standard InChI is InChI=1S/C16H18N4O3S2/c1-9-2-3-11-10(6-9)7-12(25-11)14-18-19-16(23-14)24-8-13(21)20-5-4-17-15(20)22/h7,9H,2-6,8H2,1H3,(H,17,22)/t9-/m1/s1. The SMILES string of the molecule is C[C@@H]1CCc2sc(-c3nnc(SCC(=O)N4CCNC4=O)o3)cc2C1. The van der Waals surface area contributed by atoms with Crippen LogP contribution in [0.2, 0.25) is 0 Å². The number of carbonyl (C=O) groups excluding carboxylic acids is 2. The maximum Gasteiger partial charge on any atom is 0.324 e. The van der Waals surface area contributed by atoms with Crippen LogP contribution in [-0.4, -0.2) is 45.9 Å². The first-order valence-electron chi connectivity index (χ1n) is 8.26. The van der Waals surface area contributed by atoms with Gasteiger partial charge in [-0.1, -0.05) is 18.7 Å². The predicted octanol–water partition coefficient (Wildman–Crippen LogP) is 2.57. The number of rotatable bonds is 4. The third-order valence-electron chi connectivity index (χ3n) is 4.42. The van der Waals surface area contributed by atoms with Gasteiger partial charge in [0.15, 0.2) is 0 Å². The van der Waals surface area contributed by atoms with Crippen molar-refractivity contribution in [2.75, 3.05) is 18.8 Å². The second kappa shape index (κ2) is 6.80. The van der Waals surface area contributed by atoms with Gasteiger partial charge in [0.2, 0.25) is 5.91 Å². The monoisotopic (exact) mass is 378 g/mol. The number of thiophene rings is 1. The van der Waals surface area contributed by atoms with Crippen LogP contribution >= 0.6 is 23.1 Å². The van der Waals surface area contributed by atoms with E-state index in [1.165, 1.54) is 21.8 Å². The molecule has 1 N–H and O–H groups in total. The minimum Gasteiger partial charge on any atom is -0.410 e. The minimum atomic E-state index is -0.338. The minimum absolute atomic E-state index is 0.105. The molecule has 2 aliphatic rings. The van der Waals surface area contributed by atoms with Crippen molar-refractivity contribution < 1.29 is 14.0 Å². The van der Waals surface area contributed by atoms with Gasteiger partial charge < -0.3 is 9.73 Å². The molecule has 0 unspecified atom stereocenters. The number of hydrogen-bond acceptors (Lipinski definition) is 7. The summed E-state index contributed by atoms with van der Waals surface area (Å²) in [5, 5.41) is 11.1. The molecule has 0 spiro atoms. The molecule has 2 aromatic rings. The Kier molecular flexibility index (Phi) is 4.51. The molecule has 0 aromatic carbocycles. The lowest BCUT2D eigenvalue weighted by atomic mass is 9.90. The molecule has 0 saturated carbocycles. The van der Waals surface area contributed by atoms with Crippen LogP contribution < -0.4 is 5.32 Å². The Morgan fingerprint density at radius 1 is 1.52 bits per heavy atom. The first-order chi connectivity index (χ1) is 12.1. The largest absolute Gasteiger partial charge is 0.410 e. The molecule has 3 heterocycles. The zero-order chi connectivity index (χ0) is 17.4. The van der Waals surface area contributed by atoms with Crippen LogP contribution in [0.3, 0.4) is 0 Å². The quantitative estimate of drug-likeness (QED) is 0.823. The van der Waals surface area contributed by atoms with Crippen molar-refractivity contribution in [3.05, 3.63) is 16.5 Å². The average molecular weight is 378 g/mol. The number of hydrogen-bond donors (Lipinski definition) is 1. The fraction of sp³-hybridized carbons (Fsp3) is 0.500. The molecule has 7 nitrogen and oxygen atoms in total. The molecule has 1 saturated heterocycles. The van der Waals surface area contributed by atoms with Gasteiger partial charge in [0, 0.05) is 18.0 Å². The number of imide groups is 1. The lowest BCUT2D eigenvalue weighted by Gasteiger charge is -2.16. The first kappa shape index (κ1) is 16.6. The van der Waals surface area contributed by atoms with E-state index >= 15 is 0 Å². The highest BCUT2D eigenvalue weighted by atomic mass is 32.2. The second-order valence-electron chi connectivity index (χ2n) is 6.35. The van der Waals surface area contributed by atoms with Crippen molar-refractivity contribution in [3.8, 4) is 10.8 Å². The van der Waals surface area contributed by atoms with Gasteiger partial charge in [-0.15, -0.1) is 21.5 Å². The average Bonchev–Trinajstić information content (AvgIpc) is 3.30. The van der Waals surface area contributed by atoms with Crippen molar-refractivity contribution in [1.82, 2.24) is 20.4 Å². The summed E-state index contributed by atoms with van der Waals surface area (Å²) in [6.07, 6.45) is 3.45. The Morgan fingerprint density at radius 2 is 2.40 bits per heavy atom. The van der Waals surface area contributed by atoms with E-state index in [2.05, 4.69) is 28.5 Å². The van der Waals surface area contributed by atoms with E-state index in [-0.39, 0.29) is 17.7 Å². The zero-order valence-electron chi connectivity index (χ0n) is 13.8. The number of aryl methyl sites for hydroxylation is 1. The van der Waals surface area contributed by atoms with Crippen molar-refractivity contribution in [2.24, 2.45) is 5.92 Å². The summed E-state index contributed by atoms with van der Waals surface area (Å²) < 4.78 is 5.69. The fourth-order valence-electron chi connectivity index (χ4n) is 3.09. The smallest absolute Gasteiger partial charge is 0.324 e. The third kappa shape index (κ3) is 3.43. The number of fused-ring (bicyclic) bond motifs is 1. The summed E-state index contributed by atoms with van der Waals surface area (Å²) in [4.78, 5) is 27.1. The predicted molar refractivity (Wildman–Crippen MR) is 94.6 cm³/mol. The molecule has 0 radical (unpaired) electrons. The highest BCUT2D eigenvalue weighted by Gasteiger charge is 2.26. The maximum atomic E-state index is 12.0. The van der Waals surface area contributed by atoms with Gasteiger partial charge in [-0.2, -0.15) is 0 Å². The highest BCUT2D eigenvalue weighted by Crippen LogP contribution is 2.37. The molecule has 132 valence electrons. The molecule has 2 aromatic heterocycles. The van der Waals surface area contributed by atoms with Crippen LogP contribution in [0.25, 0.3) is 10.8 Å². The Morgan fingerprint density at radius 3 is 3.20 bits per heavy atom. The van der Waals surface area contributed by atoms with Gasteiger partial charge in [-0.05, 0) is 36.8 Å². The van der Waals surface area contributed by atoms with E-state index in [0.717, 1.165) is 35.4 Å². The number of thioether (sulfide) groups is 1. The molecule has 9 heteroatoms. The van der Waals surface area contributed by atoms with Gasteiger partial charge in [0.1, 0.15) is 0 Å². The molecule has 0 bridgehead atoms. The number of carbonyl (C=O) groups is 2. The number of nitrogens with zero attached hydrogens (tertiary/aromatic N) is 3. The van der Waals surface area contributed by atoms with E-state index in [4.69, 9.17) is 4.42 Å². The summed E-state index contributed by atoms with van der Waals surface area (Å²) in [7, 11) is 0. The van der Waals surface area contributed by atoms with Crippen molar-refractivity contribution in [2.45, 2.75) is 31.4 Å². The lowest BCUT2D eigenvalue weighted by Crippen LogP contribution is -2.35. The molecular formula is C16H18N4O3S2. The highest BCUT2D eigenvalue weighted by molar-refractivity contribution is 7.99. The fourth-order valence-corrected chi connectivity index (χ4v) is 4.86. The second-order valence-corrected chi connectivity index (χ2v) is 8.41. The van der Waals surface area contributed by atoms with Crippen molar-refractivity contribution >= 4 is 35.0 Å². The van der Waals surface area contributed by atoms with E-state index in [9.17, 15) is 9.59 Å². The molecule has 1 fully saturated rings. The van der Waals surface area contributed by atoms with Crippen molar-refractivity contribution in [1.29, 1.82) is 0 Å². The lowest BCUT2D eigenvalue weighted by molar-refractivity contribution is -0.124. The third-order valence-corrected chi connectivity index (χ3v) is 6.45. The molecular weight excluding hydrogens is 360 g/mol. The van der Waals surface area contributed by atoms with Gasteiger partial charge in [-0.25, -0.2) is 4.79 Å². The number of amides is 3. The summed E-state index contributed by atoms with van der Waals surface area (Å²) in [6.45, 7) is 3.19. The van der Waals surface area contributed by atoms with Gasteiger partial charge in [-0.3, -0.25) is 9.69 Å². The number of aromatic nitrogens is 2. The molecule has 3 amide bonds. The Hall–Kier alpha value is -1.87. The topological polar surface area (TPSA) is 88.3 Å².